The molecular formula is C11H14N4O. The first kappa shape index (κ1) is 10.6. The second-order valence-electron chi connectivity index (χ2n) is 3.49. The Bertz CT molecular complexity index is 498. The number of nitrogens with zero attached hydrogens (tertiary/aromatic N) is 4. The van der Waals surface area contributed by atoms with Gasteiger partial charge in [-0.2, -0.15) is 10.2 Å². The van der Waals surface area contributed by atoms with E-state index in [1.165, 1.54) is 0 Å². The summed E-state index contributed by atoms with van der Waals surface area (Å²) in [6.45, 7) is 5.57. The molecule has 0 aliphatic rings. The van der Waals surface area contributed by atoms with E-state index in [0.717, 1.165) is 24.9 Å². The smallest absolute Gasteiger partial charge is 0.153 e. The van der Waals surface area contributed by atoms with E-state index in [9.17, 15) is 4.79 Å². The van der Waals surface area contributed by atoms with Crippen molar-refractivity contribution in [2.24, 2.45) is 0 Å². The number of carbonyl (C=O) groups is 1. The van der Waals surface area contributed by atoms with Crippen LogP contribution in [0.15, 0.2) is 18.6 Å². The van der Waals surface area contributed by atoms with Crippen LogP contribution in [0.2, 0.25) is 0 Å². The lowest BCUT2D eigenvalue weighted by Gasteiger charge is -1.93. The highest BCUT2D eigenvalue weighted by Gasteiger charge is 2.11. The number of aryl methyl sites for hydroxylation is 2. The number of aromatic nitrogens is 4. The van der Waals surface area contributed by atoms with E-state index in [4.69, 9.17) is 0 Å². The first-order chi connectivity index (χ1) is 7.78. The van der Waals surface area contributed by atoms with Crippen LogP contribution in [-0.4, -0.2) is 25.8 Å². The Hall–Kier alpha value is -1.91. The Labute approximate surface area is 93.7 Å². The number of hydrogen-bond donors (Lipinski definition) is 0. The van der Waals surface area contributed by atoms with Crippen molar-refractivity contribution in [2.75, 3.05) is 0 Å². The van der Waals surface area contributed by atoms with Crippen LogP contribution in [0.3, 0.4) is 0 Å². The Kier molecular flexibility index (Phi) is 2.85. The minimum absolute atomic E-state index is 0.609. The van der Waals surface area contributed by atoms with Crippen molar-refractivity contribution in [3.8, 4) is 11.3 Å². The van der Waals surface area contributed by atoms with E-state index < -0.39 is 0 Å². The molecule has 2 rings (SSSR count). The summed E-state index contributed by atoms with van der Waals surface area (Å²) in [6.07, 6.45) is 6.22. The third kappa shape index (κ3) is 1.76. The van der Waals surface area contributed by atoms with Crippen molar-refractivity contribution in [1.29, 1.82) is 0 Å². The molecule has 0 saturated carbocycles. The molecule has 0 amide bonds. The lowest BCUT2D eigenvalue weighted by atomic mass is 10.2. The Morgan fingerprint density at radius 3 is 2.56 bits per heavy atom. The van der Waals surface area contributed by atoms with Gasteiger partial charge < -0.3 is 0 Å². The fourth-order valence-electron chi connectivity index (χ4n) is 1.57. The second-order valence-corrected chi connectivity index (χ2v) is 3.49. The Balaban J connectivity index is 2.45. The van der Waals surface area contributed by atoms with Gasteiger partial charge in [-0.3, -0.25) is 14.2 Å². The van der Waals surface area contributed by atoms with Crippen molar-refractivity contribution in [2.45, 2.75) is 26.9 Å². The zero-order valence-corrected chi connectivity index (χ0v) is 9.42. The summed E-state index contributed by atoms with van der Waals surface area (Å²) in [4.78, 5) is 10.9. The standard InChI is InChI=1S/C11H14N4O/c1-3-14-6-9(5-12-14)11-10(8-16)7-15(4-2)13-11/h5-8H,3-4H2,1-2H3. The molecular weight excluding hydrogens is 204 g/mol. The van der Waals surface area contributed by atoms with Crippen LogP contribution in [0.1, 0.15) is 24.2 Å². The topological polar surface area (TPSA) is 52.7 Å². The van der Waals surface area contributed by atoms with Crippen molar-refractivity contribution < 1.29 is 4.79 Å². The molecule has 0 radical (unpaired) electrons. The van der Waals surface area contributed by atoms with Crippen molar-refractivity contribution in [3.05, 3.63) is 24.2 Å². The van der Waals surface area contributed by atoms with Gasteiger partial charge in [0, 0.05) is 31.0 Å². The fourth-order valence-corrected chi connectivity index (χ4v) is 1.57. The maximum absolute atomic E-state index is 10.9. The number of aldehydes is 1. The summed E-state index contributed by atoms with van der Waals surface area (Å²) in [5.74, 6) is 0. The van der Waals surface area contributed by atoms with Gasteiger partial charge >= 0.3 is 0 Å². The predicted molar refractivity (Wildman–Crippen MR) is 60.2 cm³/mol. The molecule has 2 aromatic heterocycles. The monoisotopic (exact) mass is 218 g/mol. The highest BCUT2D eigenvalue weighted by atomic mass is 16.1. The highest BCUT2D eigenvalue weighted by Crippen LogP contribution is 2.20. The van der Waals surface area contributed by atoms with Crippen molar-refractivity contribution >= 4 is 6.29 Å². The molecule has 0 spiro atoms. The molecule has 0 fully saturated rings. The van der Waals surface area contributed by atoms with E-state index in [2.05, 4.69) is 10.2 Å². The largest absolute Gasteiger partial charge is 0.298 e. The Morgan fingerprint density at radius 1 is 1.25 bits per heavy atom. The van der Waals surface area contributed by atoms with Gasteiger partial charge in [-0.15, -0.1) is 0 Å². The van der Waals surface area contributed by atoms with Gasteiger partial charge in [0.25, 0.3) is 0 Å². The van der Waals surface area contributed by atoms with Gasteiger partial charge in [0.15, 0.2) is 6.29 Å². The molecule has 5 nitrogen and oxygen atoms in total. The summed E-state index contributed by atoms with van der Waals surface area (Å²) >= 11 is 0. The predicted octanol–water partition coefficient (Wildman–Crippen LogP) is 1.60. The van der Waals surface area contributed by atoms with E-state index in [-0.39, 0.29) is 0 Å². The minimum atomic E-state index is 0.609. The van der Waals surface area contributed by atoms with Crippen LogP contribution in [0.4, 0.5) is 0 Å². The summed E-state index contributed by atoms with van der Waals surface area (Å²) < 4.78 is 3.57. The van der Waals surface area contributed by atoms with Crippen molar-refractivity contribution in [3.63, 3.8) is 0 Å². The van der Waals surface area contributed by atoms with Crippen LogP contribution in [0.25, 0.3) is 11.3 Å². The lowest BCUT2D eigenvalue weighted by molar-refractivity contribution is 0.112. The third-order valence-corrected chi connectivity index (χ3v) is 2.47. The van der Waals surface area contributed by atoms with Gasteiger partial charge in [0.1, 0.15) is 5.69 Å². The molecule has 0 aliphatic carbocycles. The molecule has 84 valence electrons. The average molecular weight is 218 g/mol. The van der Waals surface area contributed by atoms with Crippen LogP contribution >= 0.6 is 0 Å². The lowest BCUT2D eigenvalue weighted by Crippen LogP contribution is -1.94. The van der Waals surface area contributed by atoms with Gasteiger partial charge in [0.2, 0.25) is 0 Å². The number of carbonyl (C=O) groups excluding carboxylic acids is 1. The molecule has 2 heterocycles. The summed E-state index contributed by atoms with van der Waals surface area (Å²) in [5, 5.41) is 8.52. The first-order valence-electron chi connectivity index (χ1n) is 5.34. The molecule has 0 aliphatic heterocycles. The number of hydrogen-bond acceptors (Lipinski definition) is 3. The van der Waals surface area contributed by atoms with Gasteiger partial charge in [-0.25, -0.2) is 0 Å². The summed E-state index contributed by atoms with van der Waals surface area (Å²) in [7, 11) is 0. The molecule has 5 heteroatoms. The molecule has 16 heavy (non-hydrogen) atoms. The van der Waals surface area contributed by atoms with E-state index in [1.54, 1.807) is 17.1 Å². The third-order valence-electron chi connectivity index (χ3n) is 2.47. The maximum Gasteiger partial charge on any atom is 0.153 e. The van der Waals surface area contributed by atoms with Gasteiger partial charge in [-0.05, 0) is 13.8 Å². The SMILES string of the molecule is CCn1cc(-c2nn(CC)cc2C=O)cn1. The molecule has 0 aromatic carbocycles. The summed E-state index contributed by atoms with van der Waals surface area (Å²) in [5.41, 5.74) is 2.20. The Morgan fingerprint density at radius 2 is 2.00 bits per heavy atom. The molecule has 2 aromatic rings. The van der Waals surface area contributed by atoms with E-state index >= 15 is 0 Å². The summed E-state index contributed by atoms with van der Waals surface area (Å²) in [6, 6.07) is 0. The van der Waals surface area contributed by atoms with Crippen LogP contribution in [0, 0.1) is 0 Å². The maximum atomic E-state index is 10.9. The van der Waals surface area contributed by atoms with Crippen LogP contribution in [-0.2, 0) is 13.1 Å². The van der Waals surface area contributed by atoms with Crippen LogP contribution in [0.5, 0.6) is 0 Å². The van der Waals surface area contributed by atoms with Crippen molar-refractivity contribution in [1.82, 2.24) is 19.6 Å². The van der Waals surface area contributed by atoms with Crippen LogP contribution < -0.4 is 0 Å². The fraction of sp³-hybridized carbons (Fsp3) is 0.364. The van der Waals surface area contributed by atoms with E-state index in [0.29, 0.717) is 11.3 Å². The highest BCUT2D eigenvalue weighted by molar-refractivity contribution is 5.85. The number of rotatable bonds is 4. The molecule has 0 N–H and O–H groups in total. The minimum Gasteiger partial charge on any atom is -0.298 e. The zero-order valence-electron chi connectivity index (χ0n) is 9.42. The average Bonchev–Trinajstić information content (AvgIpc) is 2.94. The molecule has 0 atom stereocenters. The quantitative estimate of drug-likeness (QED) is 0.732. The molecule has 0 bridgehead atoms. The zero-order chi connectivity index (χ0) is 11.5. The van der Waals surface area contributed by atoms with Gasteiger partial charge in [-0.1, -0.05) is 0 Å². The molecule has 0 unspecified atom stereocenters. The molecule has 0 saturated heterocycles. The second kappa shape index (κ2) is 4.30. The first-order valence-corrected chi connectivity index (χ1v) is 5.34. The van der Waals surface area contributed by atoms with E-state index in [1.807, 2.05) is 24.7 Å². The normalized spacial score (nSPS) is 10.6. The van der Waals surface area contributed by atoms with Gasteiger partial charge in [0.05, 0.1) is 11.8 Å².